The van der Waals surface area contributed by atoms with Gasteiger partial charge in [-0.3, -0.25) is 4.79 Å². The fourth-order valence-corrected chi connectivity index (χ4v) is 3.30. The molecule has 3 nitrogen and oxygen atoms in total. The Kier molecular flexibility index (Phi) is 3.83. The van der Waals surface area contributed by atoms with Crippen LogP contribution in [0.2, 0.25) is 0 Å². The third-order valence-corrected chi connectivity index (χ3v) is 4.47. The van der Waals surface area contributed by atoms with Crippen molar-refractivity contribution in [2.24, 2.45) is 0 Å². The molecule has 20 heavy (non-hydrogen) atoms. The van der Waals surface area contributed by atoms with E-state index < -0.39 is 0 Å². The molecule has 0 bridgehead atoms. The molecule has 0 N–H and O–H groups in total. The van der Waals surface area contributed by atoms with Crippen molar-refractivity contribution in [3.05, 3.63) is 52.0 Å². The van der Waals surface area contributed by atoms with Crippen LogP contribution in [0.5, 0.6) is 0 Å². The van der Waals surface area contributed by atoms with Crippen molar-refractivity contribution in [2.75, 3.05) is 6.54 Å². The van der Waals surface area contributed by atoms with E-state index in [1.165, 1.54) is 22.5 Å². The lowest BCUT2D eigenvalue weighted by Crippen LogP contribution is -2.37. The first-order valence-electron chi connectivity index (χ1n) is 6.99. The molecule has 0 radical (unpaired) electrons. The number of aryl methyl sites for hydroxylation is 1. The van der Waals surface area contributed by atoms with E-state index in [2.05, 4.69) is 36.2 Å². The quantitative estimate of drug-likeness (QED) is 0.867. The minimum Gasteiger partial charge on any atom is -0.334 e. The van der Waals surface area contributed by atoms with Crippen molar-refractivity contribution in [3.63, 3.8) is 0 Å². The highest BCUT2D eigenvalue weighted by Gasteiger charge is 2.30. The first-order chi connectivity index (χ1) is 9.74. The summed E-state index contributed by atoms with van der Waals surface area (Å²) < 4.78 is 0. The summed E-state index contributed by atoms with van der Waals surface area (Å²) in [6, 6.07) is 8.92. The Morgan fingerprint density at radius 2 is 2.20 bits per heavy atom. The maximum Gasteiger partial charge on any atom is 0.273 e. The van der Waals surface area contributed by atoms with Crippen LogP contribution in [-0.2, 0) is 6.42 Å². The van der Waals surface area contributed by atoms with Crippen LogP contribution < -0.4 is 0 Å². The van der Waals surface area contributed by atoms with Gasteiger partial charge >= 0.3 is 0 Å². The lowest BCUT2D eigenvalue weighted by atomic mass is 10.0. The smallest absolute Gasteiger partial charge is 0.273 e. The molecule has 1 saturated heterocycles. The Morgan fingerprint density at radius 1 is 1.40 bits per heavy atom. The second-order valence-corrected chi connectivity index (χ2v) is 6.08. The van der Waals surface area contributed by atoms with Crippen molar-refractivity contribution in [3.8, 4) is 0 Å². The molecule has 104 valence electrons. The summed E-state index contributed by atoms with van der Waals surface area (Å²) in [6.07, 6.45) is 3.12. The Bertz CT molecular complexity index is 577. The van der Waals surface area contributed by atoms with E-state index in [1.807, 2.05) is 10.3 Å². The number of hydrogen-bond donors (Lipinski definition) is 0. The summed E-state index contributed by atoms with van der Waals surface area (Å²) >= 11 is 1.47. The Balaban J connectivity index is 1.72. The Morgan fingerprint density at radius 3 is 2.90 bits per heavy atom. The van der Waals surface area contributed by atoms with Crippen molar-refractivity contribution >= 4 is 17.2 Å². The van der Waals surface area contributed by atoms with E-state index in [-0.39, 0.29) is 5.91 Å². The van der Waals surface area contributed by atoms with Crippen molar-refractivity contribution in [1.29, 1.82) is 0 Å². The first kappa shape index (κ1) is 13.3. The Hall–Kier alpha value is -1.68. The summed E-state index contributed by atoms with van der Waals surface area (Å²) in [7, 11) is 0. The molecule has 1 aliphatic heterocycles. The van der Waals surface area contributed by atoms with E-state index in [0.29, 0.717) is 11.7 Å². The molecule has 0 spiro atoms. The fourth-order valence-electron chi connectivity index (χ4n) is 2.78. The highest BCUT2D eigenvalue weighted by molar-refractivity contribution is 7.07. The Labute approximate surface area is 123 Å². The minimum absolute atomic E-state index is 0.0841. The summed E-state index contributed by atoms with van der Waals surface area (Å²) in [6.45, 7) is 2.95. The summed E-state index contributed by atoms with van der Waals surface area (Å²) in [5.74, 6) is 0.0841. The predicted molar refractivity (Wildman–Crippen MR) is 81.1 cm³/mol. The fraction of sp³-hybridized carbons (Fsp3) is 0.375. The highest BCUT2D eigenvalue weighted by atomic mass is 32.1. The van der Waals surface area contributed by atoms with Gasteiger partial charge in [-0.25, -0.2) is 4.98 Å². The topological polar surface area (TPSA) is 33.2 Å². The van der Waals surface area contributed by atoms with Gasteiger partial charge in [-0.15, -0.1) is 11.3 Å². The zero-order valence-corrected chi connectivity index (χ0v) is 12.4. The van der Waals surface area contributed by atoms with E-state index in [9.17, 15) is 4.79 Å². The summed E-state index contributed by atoms with van der Waals surface area (Å²) in [5.41, 5.74) is 4.89. The van der Waals surface area contributed by atoms with Crippen LogP contribution in [-0.4, -0.2) is 28.4 Å². The maximum atomic E-state index is 12.4. The van der Waals surface area contributed by atoms with Crippen LogP contribution in [0.25, 0.3) is 0 Å². The lowest BCUT2D eigenvalue weighted by Gasteiger charge is -2.24. The average molecular weight is 286 g/mol. The zero-order valence-electron chi connectivity index (χ0n) is 11.6. The molecule has 0 unspecified atom stereocenters. The van der Waals surface area contributed by atoms with Crippen LogP contribution in [0, 0.1) is 6.92 Å². The monoisotopic (exact) mass is 286 g/mol. The average Bonchev–Trinajstić information content (AvgIpc) is 3.12. The van der Waals surface area contributed by atoms with Gasteiger partial charge in [0.05, 0.1) is 5.51 Å². The predicted octanol–water partition coefficient (Wildman–Crippen LogP) is 3.30. The number of benzene rings is 1. The molecular weight excluding hydrogens is 268 g/mol. The molecule has 0 aliphatic carbocycles. The van der Waals surface area contributed by atoms with Gasteiger partial charge in [-0.2, -0.15) is 0 Å². The van der Waals surface area contributed by atoms with E-state index in [4.69, 9.17) is 0 Å². The van der Waals surface area contributed by atoms with Crippen LogP contribution in [0.1, 0.15) is 34.5 Å². The lowest BCUT2D eigenvalue weighted by molar-refractivity contribution is 0.0731. The number of aromatic nitrogens is 1. The second-order valence-electron chi connectivity index (χ2n) is 5.36. The number of carbonyl (C=O) groups is 1. The van der Waals surface area contributed by atoms with Gasteiger partial charge in [0.25, 0.3) is 5.91 Å². The molecule has 1 aliphatic rings. The molecule has 1 aromatic carbocycles. The summed E-state index contributed by atoms with van der Waals surface area (Å²) in [5, 5.41) is 1.84. The van der Waals surface area contributed by atoms with Gasteiger partial charge in [0.2, 0.25) is 0 Å². The van der Waals surface area contributed by atoms with Gasteiger partial charge in [0, 0.05) is 18.0 Å². The molecule has 1 atom stereocenters. The van der Waals surface area contributed by atoms with Crippen LogP contribution in [0.3, 0.4) is 0 Å². The number of rotatable bonds is 3. The third-order valence-electron chi connectivity index (χ3n) is 3.88. The standard InChI is InChI=1S/C16H18N2OS/c1-12-4-6-13(7-5-12)9-14-3-2-8-18(14)16(19)15-10-20-11-17-15/h4-7,10-11,14H,2-3,8-9H2,1H3/t14-/m1/s1. The summed E-state index contributed by atoms with van der Waals surface area (Å²) in [4.78, 5) is 18.6. The first-order valence-corrected chi connectivity index (χ1v) is 7.93. The molecule has 2 heterocycles. The van der Waals surface area contributed by atoms with Gasteiger partial charge in [0.1, 0.15) is 5.69 Å². The number of thiazole rings is 1. The number of carbonyl (C=O) groups excluding carboxylic acids is 1. The SMILES string of the molecule is Cc1ccc(C[C@H]2CCCN2C(=O)c2cscn2)cc1. The number of amides is 1. The molecule has 1 fully saturated rings. The van der Waals surface area contributed by atoms with Gasteiger partial charge in [-0.05, 0) is 31.7 Å². The molecule has 2 aromatic rings. The normalized spacial score (nSPS) is 18.4. The van der Waals surface area contributed by atoms with Crippen molar-refractivity contribution in [1.82, 2.24) is 9.88 Å². The molecule has 0 saturated carbocycles. The van der Waals surface area contributed by atoms with E-state index in [1.54, 1.807) is 5.51 Å². The number of likely N-dealkylation sites (tertiary alicyclic amines) is 1. The third kappa shape index (κ3) is 2.75. The maximum absolute atomic E-state index is 12.4. The van der Waals surface area contributed by atoms with Crippen molar-refractivity contribution < 1.29 is 4.79 Å². The van der Waals surface area contributed by atoms with Gasteiger partial charge < -0.3 is 4.90 Å². The highest BCUT2D eigenvalue weighted by Crippen LogP contribution is 2.23. The van der Waals surface area contributed by atoms with Crippen LogP contribution in [0.4, 0.5) is 0 Å². The van der Waals surface area contributed by atoms with Gasteiger partial charge in [-0.1, -0.05) is 29.8 Å². The molecule has 3 rings (SSSR count). The second kappa shape index (κ2) is 5.75. The number of nitrogens with zero attached hydrogens (tertiary/aromatic N) is 2. The molecular formula is C16H18N2OS. The largest absolute Gasteiger partial charge is 0.334 e. The molecule has 1 amide bonds. The zero-order chi connectivity index (χ0) is 13.9. The minimum atomic E-state index is 0.0841. The number of hydrogen-bond acceptors (Lipinski definition) is 3. The van der Waals surface area contributed by atoms with Crippen molar-refractivity contribution in [2.45, 2.75) is 32.2 Å². The van der Waals surface area contributed by atoms with Gasteiger partial charge in [0.15, 0.2) is 0 Å². The molecule has 4 heteroatoms. The van der Waals surface area contributed by atoms with E-state index in [0.717, 1.165) is 25.8 Å². The van der Waals surface area contributed by atoms with Crippen LogP contribution >= 0.6 is 11.3 Å². The molecule has 1 aromatic heterocycles. The van der Waals surface area contributed by atoms with Crippen LogP contribution in [0.15, 0.2) is 35.2 Å². The van der Waals surface area contributed by atoms with E-state index >= 15 is 0 Å².